The van der Waals surface area contributed by atoms with Crippen molar-refractivity contribution < 1.29 is 13.9 Å². The van der Waals surface area contributed by atoms with Gasteiger partial charge in [-0.2, -0.15) is 4.98 Å². The second-order valence-corrected chi connectivity index (χ2v) is 7.38. The number of rotatable bonds is 6. The van der Waals surface area contributed by atoms with E-state index in [1.54, 1.807) is 24.4 Å². The summed E-state index contributed by atoms with van der Waals surface area (Å²) in [6, 6.07) is 9.54. The van der Waals surface area contributed by atoms with Crippen LogP contribution >= 0.6 is 0 Å². The fourth-order valence-electron chi connectivity index (χ4n) is 3.15. The van der Waals surface area contributed by atoms with Gasteiger partial charge in [-0.25, -0.2) is 14.4 Å². The molecular formula is C22H23FN6O2. The van der Waals surface area contributed by atoms with Crippen molar-refractivity contribution in [3.05, 3.63) is 65.2 Å². The molecule has 0 radical (unpaired) electrons. The van der Waals surface area contributed by atoms with Crippen LogP contribution in [0.1, 0.15) is 23.7 Å². The van der Waals surface area contributed by atoms with Gasteiger partial charge in [0.2, 0.25) is 17.7 Å². The van der Waals surface area contributed by atoms with Gasteiger partial charge in [-0.15, -0.1) is 0 Å². The largest absolute Gasteiger partial charge is 0.473 e. The van der Waals surface area contributed by atoms with Crippen molar-refractivity contribution in [2.75, 3.05) is 22.6 Å². The third-order valence-corrected chi connectivity index (χ3v) is 5.16. The van der Waals surface area contributed by atoms with Crippen LogP contribution in [-0.2, 0) is 17.9 Å². The molecule has 2 N–H and O–H groups in total. The van der Waals surface area contributed by atoms with Gasteiger partial charge in [0.15, 0.2) is 5.82 Å². The summed E-state index contributed by atoms with van der Waals surface area (Å²) >= 11 is 0. The van der Waals surface area contributed by atoms with Gasteiger partial charge in [0.05, 0.1) is 5.69 Å². The van der Waals surface area contributed by atoms with Gasteiger partial charge in [0, 0.05) is 25.9 Å². The van der Waals surface area contributed by atoms with Crippen molar-refractivity contribution >= 4 is 23.4 Å². The first-order valence-corrected chi connectivity index (χ1v) is 9.89. The summed E-state index contributed by atoms with van der Waals surface area (Å²) in [5.41, 5.74) is 3.13. The molecule has 3 aromatic rings. The van der Waals surface area contributed by atoms with Crippen molar-refractivity contribution in [3.8, 4) is 5.88 Å². The summed E-state index contributed by atoms with van der Waals surface area (Å²) in [6.45, 7) is 4.46. The number of benzene rings is 1. The van der Waals surface area contributed by atoms with Gasteiger partial charge in [-0.1, -0.05) is 18.2 Å². The van der Waals surface area contributed by atoms with Crippen molar-refractivity contribution in [1.29, 1.82) is 0 Å². The number of aryl methyl sites for hydroxylation is 1. The van der Waals surface area contributed by atoms with Gasteiger partial charge in [0.25, 0.3) is 0 Å². The highest BCUT2D eigenvalue weighted by Crippen LogP contribution is 2.32. The molecular weight excluding hydrogens is 399 g/mol. The SMILES string of the molecule is Cc1nc(NCc2ccc(OCc3ccc(F)cc3)nc2)nc2c1NC(=O)[C@H](C)N2C. The molecule has 4 rings (SSSR count). The molecule has 0 saturated carbocycles. The molecule has 1 aliphatic rings. The minimum absolute atomic E-state index is 0.0739. The maximum atomic E-state index is 13.0. The minimum atomic E-state index is -0.304. The Morgan fingerprint density at radius 2 is 1.90 bits per heavy atom. The number of pyridine rings is 1. The van der Waals surface area contributed by atoms with Crippen LogP contribution in [0.5, 0.6) is 5.88 Å². The maximum absolute atomic E-state index is 13.0. The van der Waals surface area contributed by atoms with Crippen LogP contribution in [0, 0.1) is 12.7 Å². The Kier molecular flexibility index (Phi) is 5.66. The number of likely N-dealkylation sites (N-methyl/N-ethyl adjacent to an activating group) is 1. The molecule has 160 valence electrons. The summed E-state index contributed by atoms with van der Waals surface area (Å²) in [4.78, 5) is 27.2. The van der Waals surface area contributed by atoms with E-state index >= 15 is 0 Å². The van der Waals surface area contributed by atoms with Crippen LogP contribution in [0.25, 0.3) is 0 Å². The predicted molar refractivity (Wildman–Crippen MR) is 116 cm³/mol. The number of hydrogen-bond donors (Lipinski definition) is 2. The van der Waals surface area contributed by atoms with E-state index in [9.17, 15) is 9.18 Å². The fraction of sp³-hybridized carbons (Fsp3) is 0.273. The third-order valence-electron chi connectivity index (χ3n) is 5.16. The van der Waals surface area contributed by atoms with Gasteiger partial charge < -0.3 is 20.3 Å². The first-order chi connectivity index (χ1) is 14.9. The van der Waals surface area contributed by atoms with Crippen molar-refractivity contribution in [3.63, 3.8) is 0 Å². The van der Waals surface area contributed by atoms with E-state index in [2.05, 4.69) is 25.6 Å². The lowest BCUT2D eigenvalue weighted by atomic mass is 10.2. The van der Waals surface area contributed by atoms with Crippen LogP contribution in [-0.4, -0.2) is 33.9 Å². The van der Waals surface area contributed by atoms with Crippen molar-refractivity contribution in [2.45, 2.75) is 33.0 Å². The van der Waals surface area contributed by atoms with Crippen LogP contribution < -0.4 is 20.3 Å². The zero-order valence-corrected chi connectivity index (χ0v) is 17.5. The summed E-state index contributed by atoms with van der Waals surface area (Å²) in [5.74, 6) is 1.30. The number of fused-ring (bicyclic) bond motifs is 1. The molecule has 0 aliphatic carbocycles. The number of nitrogens with zero attached hydrogens (tertiary/aromatic N) is 4. The summed E-state index contributed by atoms with van der Waals surface area (Å²) < 4.78 is 18.6. The lowest BCUT2D eigenvalue weighted by molar-refractivity contribution is -0.117. The molecule has 31 heavy (non-hydrogen) atoms. The number of nitrogens with one attached hydrogen (secondary N) is 2. The predicted octanol–water partition coefficient (Wildman–Crippen LogP) is 3.29. The van der Waals surface area contributed by atoms with Gasteiger partial charge in [-0.3, -0.25) is 4.79 Å². The highest BCUT2D eigenvalue weighted by Gasteiger charge is 2.30. The fourth-order valence-corrected chi connectivity index (χ4v) is 3.15. The first kappa shape index (κ1) is 20.5. The average molecular weight is 422 g/mol. The number of anilines is 3. The lowest BCUT2D eigenvalue weighted by Crippen LogP contribution is -2.44. The monoisotopic (exact) mass is 422 g/mol. The molecule has 1 aromatic carbocycles. The minimum Gasteiger partial charge on any atom is -0.473 e. The smallest absolute Gasteiger partial charge is 0.246 e. The highest BCUT2D eigenvalue weighted by atomic mass is 19.1. The van der Waals surface area contributed by atoms with Crippen LogP contribution in [0.2, 0.25) is 0 Å². The number of aromatic nitrogens is 3. The summed E-state index contributed by atoms with van der Waals surface area (Å²) in [5, 5.41) is 6.07. The van der Waals surface area contributed by atoms with Gasteiger partial charge >= 0.3 is 0 Å². The zero-order chi connectivity index (χ0) is 22.0. The summed E-state index contributed by atoms with van der Waals surface area (Å²) in [7, 11) is 1.84. The van der Waals surface area contributed by atoms with Gasteiger partial charge in [-0.05, 0) is 37.1 Å². The van der Waals surface area contributed by atoms with E-state index in [-0.39, 0.29) is 17.8 Å². The molecule has 8 nitrogen and oxygen atoms in total. The number of ether oxygens (including phenoxy) is 1. The Morgan fingerprint density at radius 1 is 1.16 bits per heavy atom. The number of amides is 1. The number of hydrogen-bond acceptors (Lipinski definition) is 7. The van der Waals surface area contributed by atoms with Crippen molar-refractivity contribution in [1.82, 2.24) is 15.0 Å². The average Bonchev–Trinajstić information content (AvgIpc) is 2.77. The Balaban J connectivity index is 1.38. The number of carbonyl (C=O) groups excluding carboxylic acids is 1. The summed E-state index contributed by atoms with van der Waals surface area (Å²) in [6.07, 6.45) is 1.71. The maximum Gasteiger partial charge on any atom is 0.246 e. The molecule has 0 bridgehead atoms. The molecule has 0 unspecified atom stereocenters. The normalized spacial score (nSPS) is 15.3. The third kappa shape index (κ3) is 4.55. The standard InChI is InChI=1S/C22H23FN6O2/c1-13-19-20(29(3)14(2)21(30)27-19)28-22(26-13)25-11-16-6-9-18(24-10-16)31-12-15-4-7-17(23)8-5-15/h4-10,14H,11-12H2,1-3H3,(H,27,30)(H,25,26,28)/t14-/m0/s1. The van der Waals surface area contributed by atoms with Crippen LogP contribution in [0.3, 0.4) is 0 Å². The molecule has 1 aliphatic heterocycles. The van der Waals surface area contributed by atoms with E-state index in [1.807, 2.05) is 31.9 Å². The van der Waals surface area contributed by atoms with E-state index in [4.69, 9.17) is 4.74 Å². The molecule has 0 fully saturated rings. The Bertz CT molecular complexity index is 1090. The highest BCUT2D eigenvalue weighted by molar-refractivity contribution is 6.03. The number of halogens is 1. The van der Waals surface area contributed by atoms with E-state index in [0.29, 0.717) is 42.2 Å². The Morgan fingerprint density at radius 3 is 2.61 bits per heavy atom. The van der Waals surface area contributed by atoms with E-state index in [1.165, 1.54) is 12.1 Å². The molecule has 0 saturated heterocycles. The Labute approximate surface area is 179 Å². The van der Waals surface area contributed by atoms with Gasteiger partial charge in [0.1, 0.15) is 24.2 Å². The molecule has 1 amide bonds. The topological polar surface area (TPSA) is 92.3 Å². The van der Waals surface area contributed by atoms with Crippen LogP contribution in [0.15, 0.2) is 42.6 Å². The molecule has 9 heteroatoms. The zero-order valence-electron chi connectivity index (χ0n) is 17.5. The van der Waals surface area contributed by atoms with Crippen molar-refractivity contribution in [2.24, 2.45) is 0 Å². The molecule has 3 heterocycles. The first-order valence-electron chi connectivity index (χ1n) is 9.89. The second kappa shape index (κ2) is 8.55. The lowest BCUT2D eigenvalue weighted by Gasteiger charge is -2.32. The molecule has 2 aromatic heterocycles. The quantitative estimate of drug-likeness (QED) is 0.630. The van der Waals surface area contributed by atoms with E-state index in [0.717, 1.165) is 11.1 Å². The number of carbonyl (C=O) groups is 1. The van der Waals surface area contributed by atoms with Crippen LogP contribution in [0.4, 0.5) is 21.8 Å². The van der Waals surface area contributed by atoms with E-state index < -0.39 is 0 Å². The molecule has 0 spiro atoms. The second-order valence-electron chi connectivity index (χ2n) is 7.38. The molecule has 1 atom stereocenters. The Hall–Kier alpha value is -3.75.